The fourth-order valence-electron chi connectivity index (χ4n) is 2.45. The van der Waals surface area contributed by atoms with E-state index in [0.717, 1.165) is 5.56 Å². The molecule has 0 fully saturated rings. The van der Waals surface area contributed by atoms with Gasteiger partial charge in [0.1, 0.15) is 5.56 Å². The van der Waals surface area contributed by atoms with E-state index in [1.54, 1.807) is 36.4 Å². The fraction of sp³-hybridized carbons (Fsp3) is 0.0625. The van der Waals surface area contributed by atoms with Crippen molar-refractivity contribution in [3.63, 3.8) is 0 Å². The summed E-state index contributed by atoms with van der Waals surface area (Å²) in [7, 11) is 0. The number of hydrogen-bond acceptors (Lipinski definition) is 4. The second kappa shape index (κ2) is 4.86. The monoisotopic (exact) mass is 283 g/mol. The largest absolute Gasteiger partial charge is 0.505 e. The van der Waals surface area contributed by atoms with E-state index < -0.39 is 5.97 Å². The quantitative estimate of drug-likeness (QED) is 0.788. The highest BCUT2D eigenvalue weighted by Gasteiger charge is 2.27. The van der Waals surface area contributed by atoms with Gasteiger partial charge in [-0.3, -0.25) is 4.90 Å². The second-order valence-electron chi connectivity index (χ2n) is 4.71. The van der Waals surface area contributed by atoms with Gasteiger partial charge in [-0.25, -0.2) is 4.79 Å². The summed E-state index contributed by atoms with van der Waals surface area (Å²) in [5.41, 5.74) is 1.51. The lowest BCUT2D eigenvalue weighted by Crippen LogP contribution is -2.22. The van der Waals surface area contributed by atoms with Crippen molar-refractivity contribution in [2.45, 2.75) is 6.42 Å². The van der Waals surface area contributed by atoms with Crippen molar-refractivity contribution in [1.82, 2.24) is 0 Å². The van der Waals surface area contributed by atoms with E-state index in [1.165, 1.54) is 11.0 Å². The first-order valence-corrected chi connectivity index (χ1v) is 6.42. The van der Waals surface area contributed by atoms with Crippen LogP contribution in [0.5, 0.6) is 5.75 Å². The molecule has 106 valence electrons. The number of hydrogen-bond donors (Lipinski definition) is 3. The van der Waals surface area contributed by atoms with E-state index in [4.69, 9.17) is 5.11 Å². The molecule has 2 aromatic rings. The van der Waals surface area contributed by atoms with Gasteiger partial charge in [0.05, 0.1) is 5.69 Å². The highest BCUT2D eigenvalue weighted by atomic mass is 16.4. The topological polar surface area (TPSA) is 81.0 Å². The summed E-state index contributed by atoms with van der Waals surface area (Å²) >= 11 is 0. The zero-order valence-electron chi connectivity index (χ0n) is 11.0. The molecule has 0 radical (unpaired) electrons. The summed E-state index contributed by atoms with van der Waals surface area (Å²) in [6.07, 6.45) is 2.05. The first-order chi connectivity index (χ1) is 10.1. The van der Waals surface area contributed by atoms with Gasteiger partial charge in [-0.1, -0.05) is 24.3 Å². The zero-order valence-corrected chi connectivity index (χ0v) is 11.0. The highest BCUT2D eigenvalue weighted by molar-refractivity contribution is 5.95. The van der Waals surface area contributed by atoms with Gasteiger partial charge >= 0.3 is 5.97 Å². The van der Waals surface area contributed by atoms with Crippen LogP contribution in [-0.2, 0) is 6.42 Å². The molecule has 0 unspecified atom stereocenters. The molecule has 0 spiro atoms. The highest BCUT2D eigenvalue weighted by Crippen LogP contribution is 2.43. The molecule has 0 aliphatic carbocycles. The minimum Gasteiger partial charge on any atom is -0.505 e. The third-order valence-electron chi connectivity index (χ3n) is 3.44. The van der Waals surface area contributed by atoms with Crippen LogP contribution in [0.15, 0.2) is 54.4 Å². The van der Waals surface area contributed by atoms with E-state index in [1.807, 2.05) is 6.07 Å². The van der Waals surface area contributed by atoms with E-state index in [0.29, 0.717) is 17.8 Å². The van der Waals surface area contributed by atoms with Gasteiger partial charge in [-0.05, 0) is 36.3 Å². The number of aromatic carboxylic acids is 1. The smallest absolute Gasteiger partial charge is 0.339 e. The Morgan fingerprint density at radius 1 is 1.05 bits per heavy atom. The number of rotatable bonds is 2. The number of carboxylic acids is 1. The van der Waals surface area contributed by atoms with Crippen LogP contribution in [0.1, 0.15) is 15.9 Å². The van der Waals surface area contributed by atoms with Crippen LogP contribution in [0.4, 0.5) is 11.4 Å². The molecule has 5 heteroatoms. The Kier molecular flexibility index (Phi) is 3.02. The lowest BCUT2D eigenvalue weighted by molar-refractivity contribution is 0.0693. The van der Waals surface area contributed by atoms with Crippen LogP contribution in [0.2, 0.25) is 0 Å². The van der Waals surface area contributed by atoms with Crippen molar-refractivity contribution >= 4 is 17.3 Å². The predicted molar refractivity (Wildman–Crippen MR) is 78.1 cm³/mol. The maximum absolute atomic E-state index is 11.2. The number of phenols is 1. The lowest BCUT2D eigenvalue weighted by atomic mass is 10.00. The predicted octanol–water partition coefficient (Wildman–Crippen LogP) is 3.18. The molecule has 21 heavy (non-hydrogen) atoms. The van der Waals surface area contributed by atoms with E-state index in [9.17, 15) is 15.0 Å². The Balaban J connectivity index is 2.23. The van der Waals surface area contributed by atoms with Gasteiger partial charge in [0.15, 0.2) is 11.6 Å². The minimum atomic E-state index is -1.21. The lowest BCUT2D eigenvalue weighted by Gasteiger charge is -2.30. The molecule has 0 aromatic heterocycles. The maximum atomic E-state index is 11.2. The van der Waals surface area contributed by atoms with Gasteiger partial charge in [-0.2, -0.15) is 0 Å². The Morgan fingerprint density at radius 2 is 1.76 bits per heavy atom. The molecular formula is C16H13NO4. The van der Waals surface area contributed by atoms with E-state index in [2.05, 4.69) is 0 Å². The van der Waals surface area contributed by atoms with Gasteiger partial charge < -0.3 is 15.3 Å². The van der Waals surface area contributed by atoms with Gasteiger partial charge in [0, 0.05) is 5.69 Å². The average Bonchev–Trinajstić information content (AvgIpc) is 2.48. The number of para-hydroxylation sites is 1. The summed E-state index contributed by atoms with van der Waals surface area (Å²) in [6, 6.07) is 12.0. The molecule has 5 nitrogen and oxygen atoms in total. The second-order valence-corrected chi connectivity index (χ2v) is 4.71. The molecule has 3 N–H and O–H groups in total. The van der Waals surface area contributed by atoms with Crippen LogP contribution < -0.4 is 4.90 Å². The molecular weight excluding hydrogens is 270 g/mol. The summed E-state index contributed by atoms with van der Waals surface area (Å²) in [4.78, 5) is 12.6. The van der Waals surface area contributed by atoms with Crippen molar-refractivity contribution in [1.29, 1.82) is 0 Å². The van der Waals surface area contributed by atoms with Gasteiger partial charge in [-0.15, -0.1) is 0 Å². The normalized spacial score (nSPS) is 13.5. The number of carbonyl (C=O) groups is 1. The van der Waals surface area contributed by atoms with E-state index >= 15 is 0 Å². The molecule has 0 amide bonds. The third-order valence-corrected chi connectivity index (χ3v) is 3.44. The third kappa shape index (κ3) is 2.08. The number of benzene rings is 2. The van der Waals surface area contributed by atoms with Crippen LogP contribution in [-0.4, -0.2) is 21.3 Å². The minimum absolute atomic E-state index is 0.0356. The van der Waals surface area contributed by atoms with Gasteiger partial charge in [0.25, 0.3) is 0 Å². The molecule has 0 bridgehead atoms. The summed E-state index contributed by atoms with van der Waals surface area (Å²) in [6.45, 7) is 0. The number of carboxylic acid groups (broad SMARTS) is 1. The van der Waals surface area contributed by atoms with Crippen molar-refractivity contribution in [3.8, 4) is 5.75 Å². The SMILES string of the molecule is O=C(O)c1ccc2c(c1O)N(c1ccccc1)C(O)=CC2. The Labute approximate surface area is 121 Å². The number of nitrogens with zero attached hydrogens (tertiary/aromatic N) is 1. The standard InChI is InChI=1S/C16H13NO4/c18-13-9-7-10-6-8-12(16(20)21)15(19)14(10)17(13)11-4-2-1-3-5-11/h1-6,8-9,18-19H,7H2,(H,20,21). The van der Waals surface area contributed by atoms with Crippen LogP contribution >= 0.6 is 0 Å². The Hall–Kier alpha value is -2.95. The first kappa shape index (κ1) is 13.1. The van der Waals surface area contributed by atoms with Gasteiger partial charge in [0.2, 0.25) is 0 Å². The van der Waals surface area contributed by atoms with Crippen LogP contribution in [0.25, 0.3) is 0 Å². The summed E-state index contributed by atoms with van der Waals surface area (Å²) < 4.78 is 0. The average molecular weight is 283 g/mol. The number of aliphatic hydroxyl groups excluding tert-OH is 1. The van der Waals surface area contributed by atoms with E-state index in [-0.39, 0.29) is 17.2 Å². The van der Waals surface area contributed by atoms with Crippen molar-refractivity contribution in [3.05, 3.63) is 65.6 Å². The van der Waals surface area contributed by atoms with Crippen molar-refractivity contribution in [2.24, 2.45) is 0 Å². The molecule has 0 saturated heterocycles. The molecule has 2 aromatic carbocycles. The number of allylic oxidation sites excluding steroid dienone is 1. The zero-order chi connectivity index (χ0) is 15.0. The number of fused-ring (bicyclic) bond motifs is 1. The number of anilines is 2. The maximum Gasteiger partial charge on any atom is 0.339 e. The Bertz CT molecular complexity index is 737. The van der Waals surface area contributed by atoms with Crippen LogP contribution in [0, 0.1) is 0 Å². The van der Waals surface area contributed by atoms with Crippen LogP contribution in [0.3, 0.4) is 0 Å². The number of aromatic hydroxyl groups is 1. The molecule has 0 atom stereocenters. The molecule has 0 saturated carbocycles. The Morgan fingerprint density at radius 3 is 2.43 bits per heavy atom. The van der Waals surface area contributed by atoms with Crippen molar-refractivity contribution in [2.75, 3.05) is 4.90 Å². The van der Waals surface area contributed by atoms with Crippen molar-refractivity contribution < 1.29 is 20.1 Å². The molecule has 3 rings (SSSR count). The first-order valence-electron chi connectivity index (χ1n) is 6.42. The fourth-order valence-corrected chi connectivity index (χ4v) is 2.45. The molecule has 1 aliphatic heterocycles. The number of aliphatic hydroxyl groups is 1. The summed E-state index contributed by atoms with van der Waals surface area (Å²) in [5.74, 6) is -1.59. The molecule has 1 aliphatic rings. The summed E-state index contributed by atoms with van der Waals surface area (Å²) in [5, 5.41) is 29.6. The molecule has 1 heterocycles.